The van der Waals surface area contributed by atoms with Gasteiger partial charge in [0.05, 0.1) is 13.5 Å². The quantitative estimate of drug-likeness (QED) is 0.669. The lowest BCUT2D eigenvalue weighted by Gasteiger charge is -2.29. The summed E-state index contributed by atoms with van der Waals surface area (Å²) >= 11 is 0. The lowest BCUT2D eigenvalue weighted by Crippen LogP contribution is -2.49. The van der Waals surface area contributed by atoms with Gasteiger partial charge in [0.1, 0.15) is 11.8 Å². The first-order chi connectivity index (χ1) is 13.9. The Kier molecular flexibility index (Phi) is 8.71. The SMILES string of the molecule is COc1ccc(CC(=O)N(CCc2ccccc2)[C@@H](C)C(=O)NCC(C)C)cc1. The maximum atomic E-state index is 13.1. The number of hydrogen-bond acceptors (Lipinski definition) is 3. The molecule has 2 aromatic carbocycles. The van der Waals surface area contributed by atoms with Gasteiger partial charge < -0.3 is 15.0 Å². The number of hydrogen-bond donors (Lipinski definition) is 1. The molecule has 2 amide bonds. The third-order valence-electron chi connectivity index (χ3n) is 4.85. The molecule has 1 N–H and O–H groups in total. The van der Waals surface area contributed by atoms with Gasteiger partial charge in [-0.15, -0.1) is 0 Å². The van der Waals surface area contributed by atoms with E-state index in [1.165, 1.54) is 0 Å². The van der Waals surface area contributed by atoms with Crippen LogP contribution in [0.5, 0.6) is 5.75 Å². The van der Waals surface area contributed by atoms with Crippen LogP contribution in [0.3, 0.4) is 0 Å². The van der Waals surface area contributed by atoms with E-state index in [1.807, 2.05) is 68.4 Å². The van der Waals surface area contributed by atoms with Crippen LogP contribution >= 0.6 is 0 Å². The minimum Gasteiger partial charge on any atom is -0.497 e. The van der Waals surface area contributed by atoms with Crippen LogP contribution in [0.1, 0.15) is 31.9 Å². The number of carbonyl (C=O) groups excluding carboxylic acids is 2. The number of carbonyl (C=O) groups is 2. The van der Waals surface area contributed by atoms with E-state index in [2.05, 4.69) is 5.32 Å². The molecule has 156 valence electrons. The molecule has 0 aliphatic rings. The number of ether oxygens (including phenoxy) is 1. The maximum absolute atomic E-state index is 13.1. The highest BCUT2D eigenvalue weighted by Crippen LogP contribution is 2.14. The summed E-state index contributed by atoms with van der Waals surface area (Å²) in [5, 5.41) is 2.94. The first-order valence-electron chi connectivity index (χ1n) is 10.1. The van der Waals surface area contributed by atoms with E-state index in [0.29, 0.717) is 25.4 Å². The molecule has 0 aromatic heterocycles. The molecule has 0 unspecified atom stereocenters. The molecule has 0 heterocycles. The van der Waals surface area contributed by atoms with Crippen LogP contribution in [0, 0.1) is 5.92 Å². The molecule has 0 spiro atoms. The van der Waals surface area contributed by atoms with Crippen molar-refractivity contribution in [2.75, 3.05) is 20.2 Å². The van der Waals surface area contributed by atoms with E-state index in [0.717, 1.165) is 16.9 Å². The lowest BCUT2D eigenvalue weighted by molar-refractivity contribution is -0.139. The highest BCUT2D eigenvalue weighted by molar-refractivity contribution is 5.88. The van der Waals surface area contributed by atoms with Gasteiger partial charge in [-0.05, 0) is 42.5 Å². The molecule has 0 fully saturated rings. The maximum Gasteiger partial charge on any atom is 0.242 e. The van der Waals surface area contributed by atoms with Gasteiger partial charge in [-0.1, -0.05) is 56.3 Å². The van der Waals surface area contributed by atoms with Crippen molar-refractivity contribution in [1.82, 2.24) is 10.2 Å². The van der Waals surface area contributed by atoms with Crippen molar-refractivity contribution in [2.45, 2.75) is 39.7 Å². The minimum atomic E-state index is -0.525. The van der Waals surface area contributed by atoms with E-state index in [1.54, 1.807) is 18.9 Å². The predicted molar refractivity (Wildman–Crippen MR) is 116 cm³/mol. The average molecular weight is 397 g/mol. The van der Waals surface area contributed by atoms with Crippen LogP contribution in [0.4, 0.5) is 0 Å². The minimum absolute atomic E-state index is 0.0571. The normalized spacial score (nSPS) is 11.8. The molecule has 5 nitrogen and oxygen atoms in total. The topological polar surface area (TPSA) is 58.6 Å². The number of rotatable bonds is 10. The molecule has 0 saturated heterocycles. The molecule has 2 aromatic rings. The summed E-state index contributed by atoms with van der Waals surface area (Å²) in [6.45, 7) is 6.99. The van der Waals surface area contributed by atoms with Crippen LogP contribution in [0.15, 0.2) is 54.6 Å². The second kappa shape index (κ2) is 11.2. The number of methoxy groups -OCH3 is 1. The van der Waals surface area contributed by atoms with E-state index in [4.69, 9.17) is 4.74 Å². The van der Waals surface area contributed by atoms with Gasteiger partial charge in [0.2, 0.25) is 11.8 Å². The van der Waals surface area contributed by atoms with E-state index < -0.39 is 6.04 Å². The lowest BCUT2D eigenvalue weighted by atomic mass is 10.1. The van der Waals surface area contributed by atoms with Crippen molar-refractivity contribution in [3.05, 3.63) is 65.7 Å². The van der Waals surface area contributed by atoms with Crippen LogP contribution in [-0.4, -0.2) is 43.0 Å². The standard InChI is InChI=1S/C24H32N2O3/c1-18(2)17-25-24(28)19(3)26(15-14-20-8-6-5-7-9-20)23(27)16-21-10-12-22(29-4)13-11-21/h5-13,18-19H,14-17H2,1-4H3,(H,25,28)/t19-/m0/s1. The Labute approximate surface area is 174 Å². The van der Waals surface area contributed by atoms with Crippen molar-refractivity contribution in [1.29, 1.82) is 0 Å². The Bertz CT molecular complexity index is 772. The van der Waals surface area contributed by atoms with Crippen molar-refractivity contribution in [3.8, 4) is 5.75 Å². The van der Waals surface area contributed by atoms with Crippen molar-refractivity contribution in [2.24, 2.45) is 5.92 Å². The second-order valence-electron chi connectivity index (χ2n) is 7.66. The Hall–Kier alpha value is -2.82. The summed E-state index contributed by atoms with van der Waals surface area (Å²) < 4.78 is 5.18. The number of amides is 2. The molecule has 1 atom stereocenters. The van der Waals surface area contributed by atoms with Gasteiger partial charge >= 0.3 is 0 Å². The second-order valence-corrected chi connectivity index (χ2v) is 7.66. The zero-order chi connectivity index (χ0) is 21.2. The van der Waals surface area contributed by atoms with Crippen LogP contribution in [0.25, 0.3) is 0 Å². The third kappa shape index (κ3) is 7.26. The first-order valence-corrected chi connectivity index (χ1v) is 10.1. The largest absolute Gasteiger partial charge is 0.497 e. The predicted octanol–water partition coefficient (Wildman–Crippen LogP) is 3.47. The van der Waals surface area contributed by atoms with E-state index in [-0.39, 0.29) is 18.2 Å². The Morgan fingerprint density at radius 1 is 0.966 bits per heavy atom. The molecule has 0 bridgehead atoms. The summed E-state index contributed by atoms with van der Waals surface area (Å²) in [4.78, 5) is 27.4. The number of benzene rings is 2. The Morgan fingerprint density at radius 3 is 2.21 bits per heavy atom. The number of nitrogens with one attached hydrogen (secondary N) is 1. The van der Waals surface area contributed by atoms with Gasteiger partial charge in [-0.25, -0.2) is 0 Å². The summed E-state index contributed by atoms with van der Waals surface area (Å²) in [7, 11) is 1.61. The van der Waals surface area contributed by atoms with Crippen molar-refractivity contribution < 1.29 is 14.3 Å². The molecule has 0 radical (unpaired) electrons. The highest BCUT2D eigenvalue weighted by Gasteiger charge is 2.25. The van der Waals surface area contributed by atoms with E-state index >= 15 is 0 Å². The fraction of sp³-hybridized carbons (Fsp3) is 0.417. The van der Waals surface area contributed by atoms with Gasteiger partial charge in [-0.3, -0.25) is 9.59 Å². The first kappa shape index (κ1) is 22.5. The van der Waals surface area contributed by atoms with Crippen LogP contribution < -0.4 is 10.1 Å². The van der Waals surface area contributed by atoms with Gasteiger partial charge in [0.15, 0.2) is 0 Å². The molecule has 29 heavy (non-hydrogen) atoms. The zero-order valence-corrected chi connectivity index (χ0v) is 17.9. The summed E-state index contributed by atoms with van der Waals surface area (Å²) in [5.74, 6) is 0.940. The molecule has 0 saturated carbocycles. The smallest absolute Gasteiger partial charge is 0.242 e. The summed E-state index contributed by atoms with van der Waals surface area (Å²) in [6.07, 6.45) is 0.956. The fourth-order valence-electron chi connectivity index (χ4n) is 3.04. The van der Waals surface area contributed by atoms with Crippen molar-refractivity contribution >= 4 is 11.8 Å². The molecular weight excluding hydrogens is 364 g/mol. The van der Waals surface area contributed by atoms with Gasteiger partial charge in [0, 0.05) is 13.1 Å². The summed E-state index contributed by atoms with van der Waals surface area (Å²) in [6, 6.07) is 16.9. The van der Waals surface area contributed by atoms with Crippen LogP contribution in [0.2, 0.25) is 0 Å². The van der Waals surface area contributed by atoms with Gasteiger partial charge in [0.25, 0.3) is 0 Å². The molecule has 2 rings (SSSR count). The number of nitrogens with zero attached hydrogens (tertiary/aromatic N) is 1. The van der Waals surface area contributed by atoms with Gasteiger partial charge in [-0.2, -0.15) is 0 Å². The van der Waals surface area contributed by atoms with Crippen LogP contribution in [-0.2, 0) is 22.4 Å². The monoisotopic (exact) mass is 396 g/mol. The van der Waals surface area contributed by atoms with E-state index in [9.17, 15) is 9.59 Å². The molecular formula is C24H32N2O3. The summed E-state index contributed by atoms with van der Waals surface area (Å²) in [5.41, 5.74) is 2.04. The average Bonchev–Trinajstić information content (AvgIpc) is 2.73. The van der Waals surface area contributed by atoms with Crippen molar-refractivity contribution in [3.63, 3.8) is 0 Å². The Balaban J connectivity index is 2.10. The highest BCUT2D eigenvalue weighted by atomic mass is 16.5. The zero-order valence-electron chi connectivity index (χ0n) is 17.9. The third-order valence-corrected chi connectivity index (χ3v) is 4.85. The fourth-order valence-corrected chi connectivity index (χ4v) is 3.04. The molecule has 5 heteroatoms. The molecule has 0 aliphatic heterocycles. The Morgan fingerprint density at radius 2 is 1.62 bits per heavy atom. The molecule has 0 aliphatic carbocycles.